The molecular weight excluding hydrogens is 293 g/mol. The van der Waals surface area contributed by atoms with Crippen LogP contribution >= 0.6 is 12.4 Å². The summed E-state index contributed by atoms with van der Waals surface area (Å²) in [7, 11) is 0. The van der Waals surface area contributed by atoms with Crippen LogP contribution in [0, 0.1) is 0 Å². The lowest BCUT2D eigenvalue weighted by atomic mass is 10.1. The number of carbonyl (C=O) groups is 1. The predicted octanol–water partition coefficient (Wildman–Crippen LogP) is 2.56. The lowest BCUT2D eigenvalue weighted by molar-refractivity contribution is -0.137. The Kier molecular flexibility index (Phi) is 5.42. The van der Waals surface area contributed by atoms with E-state index in [1.807, 2.05) is 6.92 Å². The summed E-state index contributed by atoms with van der Waals surface area (Å²) in [5.74, 6) is -0.220. The van der Waals surface area contributed by atoms with E-state index in [9.17, 15) is 18.0 Å². The topological polar surface area (TPSA) is 32.3 Å². The molecule has 3 nitrogen and oxygen atoms in total. The van der Waals surface area contributed by atoms with E-state index in [0.717, 1.165) is 12.1 Å². The number of piperazine rings is 1. The molecule has 0 aromatic heterocycles. The summed E-state index contributed by atoms with van der Waals surface area (Å²) in [6.07, 6.45) is -4.37. The van der Waals surface area contributed by atoms with Gasteiger partial charge in [-0.05, 0) is 31.2 Å². The Balaban J connectivity index is 0.00000200. The lowest BCUT2D eigenvalue weighted by Gasteiger charge is -2.32. The van der Waals surface area contributed by atoms with Gasteiger partial charge in [0.1, 0.15) is 0 Å². The number of rotatable bonds is 1. The molecule has 1 fully saturated rings. The Hall–Kier alpha value is -1.27. The van der Waals surface area contributed by atoms with E-state index in [0.29, 0.717) is 25.2 Å². The van der Waals surface area contributed by atoms with Crippen molar-refractivity contribution in [2.24, 2.45) is 0 Å². The van der Waals surface area contributed by atoms with Gasteiger partial charge in [0, 0.05) is 31.2 Å². The van der Waals surface area contributed by atoms with Crippen LogP contribution in [0.1, 0.15) is 22.8 Å². The number of benzene rings is 1. The van der Waals surface area contributed by atoms with Gasteiger partial charge in [0.15, 0.2) is 0 Å². The molecule has 1 aromatic carbocycles. The molecule has 0 radical (unpaired) electrons. The van der Waals surface area contributed by atoms with E-state index in [4.69, 9.17) is 0 Å². The van der Waals surface area contributed by atoms with Crippen molar-refractivity contribution in [3.8, 4) is 0 Å². The Bertz CT molecular complexity index is 462. The third-order valence-electron chi connectivity index (χ3n) is 3.12. The zero-order valence-electron chi connectivity index (χ0n) is 10.9. The third-order valence-corrected chi connectivity index (χ3v) is 3.12. The molecule has 0 spiro atoms. The number of halogens is 4. The van der Waals surface area contributed by atoms with Crippen LogP contribution in [0.2, 0.25) is 0 Å². The van der Waals surface area contributed by atoms with Crippen LogP contribution in [0.25, 0.3) is 0 Å². The molecule has 0 aliphatic carbocycles. The Morgan fingerprint density at radius 1 is 1.30 bits per heavy atom. The van der Waals surface area contributed by atoms with E-state index < -0.39 is 11.7 Å². The molecule has 0 saturated carbocycles. The average Bonchev–Trinajstić information content (AvgIpc) is 2.37. The number of hydrogen-bond donors (Lipinski definition) is 1. The molecular formula is C13H16ClF3N2O. The molecule has 1 amide bonds. The van der Waals surface area contributed by atoms with Crippen molar-refractivity contribution in [2.75, 3.05) is 19.6 Å². The first-order chi connectivity index (χ1) is 8.88. The van der Waals surface area contributed by atoms with Crippen LogP contribution in [-0.4, -0.2) is 36.5 Å². The summed E-state index contributed by atoms with van der Waals surface area (Å²) in [6, 6.07) is 4.56. The number of alkyl halides is 3. The summed E-state index contributed by atoms with van der Waals surface area (Å²) < 4.78 is 37.3. The standard InChI is InChI=1S/C13H15F3N2O.ClH/c1-9-8-18(7-6-17-9)12(19)10-2-4-11(5-3-10)13(14,15)16;/h2-5,9,17H,6-8H2,1H3;1H/t9-;/m1./s1. The quantitative estimate of drug-likeness (QED) is 0.865. The number of amides is 1. The van der Waals surface area contributed by atoms with Crippen molar-refractivity contribution < 1.29 is 18.0 Å². The fourth-order valence-corrected chi connectivity index (χ4v) is 2.10. The lowest BCUT2D eigenvalue weighted by Crippen LogP contribution is -2.51. The van der Waals surface area contributed by atoms with Crippen molar-refractivity contribution in [3.63, 3.8) is 0 Å². The highest BCUT2D eigenvalue weighted by molar-refractivity contribution is 5.94. The van der Waals surface area contributed by atoms with Gasteiger partial charge in [-0.1, -0.05) is 0 Å². The van der Waals surface area contributed by atoms with E-state index in [2.05, 4.69) is 5.32 Å². The molecule has 1 aliphatic rings. The predicted molar refractivity (Wildman–Crippen MR) is 72.1 cm³/mol. The van der Waals surface area contributed by atoms with Gasteiger partial charge >= 0.3 is 6.18 Å². The second-order valence-corrected chi connectivity index (χ2v) is 4.68. The molecule has 1 aliphatic heterocycles. The number of carbonyl (C=O) groups excluding carboxylic acids is 1. The van der Waals surface area contributed by atoms with Crippen LogP contribution in [0.15, 0.2) is 24.3 Å². The summed E-state index contributed by atoms with van der Waals surface area (Å²) in [5, 5.41) is 3.20. The fraction of sp³-hybridized carbons (Fsp3) is 0.462. The van der Waals surface area contributed by atoms with Gasteiger partial charge in [-0.15, -0.1) is 12.4 Å². The Morgan fingerprint density at radius 2 is 1.90 bits per heavy atom. The Morgan fingerprint density at radius 3 is 2.40 bits per heavy atom. The first-order valence-corrected chi connectivity index (χ1v) is 6.08. The highest BCUT2D eigenvalue weighted by atomic mass is 35.5. The van der Waals surface area contributed by atoms with E-state index >= 15 is 0 Å². The maximum absolute atomic E-state index is 12.4. The van der Waals surface area contributed by atoms with Crippen molar-refractivity contribution >= 4 is 18.3 Å². The van der Waals surface area contributed by atoms with E-state index in [1.54, 1.807) is 4.90 Å². The van der Waals surface area contributed by atoms with Crippen molar-refractivity contribution in [1.82, 2.24) is 10.2 Å². The second-order valence-electron chi connectivity index (χ2n) is 4.68. The monoisotopic (exact) mass is 308 g/mol. The number of nitrogens with one attached hydrogen (secondary N) is 1. The second kappa shape index (κ2) is 6.45. The molecule has 2 rings (SSSR count). The van der Waals surface area contributed by atoms with Crippen LogP contribution in [-0.2, 0) is 6.18 Å². The van der Waals surface area contributed by atoms with Gasteiger partial charge in [-0.25, -0.2) is 0 Å². The summed E-state index contributed by atoms with van der Waals surface area (Å²) in [4.78, 5) is 13.8. The minimum Gasteiger partial charge on any atom is -0.336 e. The Labute approximate surface area is 121 Å². The largest absolute Gasteiger partial charge is 0.416 e. The summed E-state index contributed by atoms with van der Waals surface area (Å²) in [5.41, 5.74) is -0.445. The average molecular weight is 309 g/mol. The highest BCUT2D eigenvalue weighted by Gasteiger charge is 2.30. The molecule has 1 N–H and O–H groups in total. The summed E-state index contributed by atoms with van der Waals surface area (Å²) >= 11 is 0. The van der Waals surface area contributed by atoms with Gasteiger partial charge in [0.25, 0.3) is 5.91 Å². The normalized spacial score (nSPS) is 19.4. The van der Waals surface area contributed by atoms with Crippen LogP contribution in [0.5, 0.6) is 0 Å². The van der Waals surface area contributed by atoms with Gasteiger partial charge in [0.05, 0.1) is 5.56 Å². The van der Waals surface area contributed by atoms with Gasteiger partial charge in [-0.3, -0.25) is 4.79 Å². The first-order valence-electron chi connectivity index (χ1n) is 6.08. The maximum Gasteiger partial charge on any atom is 0.416 e. The molecule has 0 bridgehead atoms. The summed E-state index contributed by atoms with van der Waals surface area (Å²) in [6.45, 7) is 3.81. The molecule has 1 aromatic rings. The molecule has 7 heteroatoms. The number of nitrogens with zero attached hydrogens (tertiary/aromatic N) is 1. The van der Waals surface area contributed by atoms with Crippen LogP contribution in [0.4, 0.5) is 13.2 Å². The van der Waals surface area contributed by atoms with Crippen LogP contribution < -0.4 is 5.32 Å². The zero-order chi connectivity index (χ0) is 14.0. The molecule has 1 heterocycles. The van der Waals surface area contributed by atoms with Gasteiger partial charge < -0.3 is 10.2 Å². The van der Waals surface area contributed by atoms with E-state index in [1.165, 1.54) is 12.1 Å². The molecule has 1 atom stereocenters. The van der Waals surface area contributed by atoms with Crippen molar-refractivity contribution in [1.29, 1.82) is 0 Å². The van der Waals surface area contributed by atoms with E-state index in [-0.39, 0.29) is 24.4 Å². The van der Waals surface area contributed by atoms with Crippen LogP contribution in [0.3, 0.4) is 0 Å². The fourth-order valence-electron chi connectivity index (χ4n) is 2.10. The SMILES string of the molecule is C[C@@H]1CN(C(=O)c2ccc(C(F)(F)F)cc2)CCN1.Cl. The minimum atomic E-state index is -4.37. The highest BCUT2D eigenvalue weighted by Crippen LogP contribution is 2.29. The molecule has 112 valence electrons. The minimum absolute atomic E-state index is 0. The molecule has 1 saturated heterocycles. The van der Waals surface area contributed by atoms with Crippen molar-refractivity contribution in [3.05, 3.63) is 35.4 Å². The molecule has 0 unspecified atom stereocenters. The van der Waals surface area contributed by atoms with Gasteiger partial charge in [0.2, 0.25) is 0 Å². The zero-order valence-corrected chi connectivity index (χ0v) is 11.7. The maximum atomic E-state index is 12.4. The number of hydrogen-bond acceptors (Lipinski definition) is 2. The molecule has 20 heavy (non-hydrogen) atoms. The van der Waals surface area contributed by atoms with Gasteiger partial charge in [-0.2, -0.15) is 13.2 Å². The third kappa shape index (κ3) is 3.86. The first kappa shape index (κ1) is 16.8. The van der Waals surface area contributed by atoms with Crippen molar-refractivity contribution in [2.45, 2.75) is 19.1 Å². The smallest absolute Gasteiger partial charge is 0.336 e.